The summed E-state index contributed by atoms with van der Waals surface area (Å²) in [6.07, 6.45) is 1.66. The number of nitrogens with two attached hydrogens (primary N) is 1. The van der Waals surface area contributed by atoms with Crippen LogP contribution in [0.2, 0.25) is 0 Å². The zero-order valence-electron chi connectivity index (χ0n) is 10.4. The third-order valence-corrected chi connectivity index (χ3v) is 2.84. The summed E-state index contributed by atoms with van der Waals surface area (Å²) < 4.78 is 1.85. The Labute approximate surface area is 109 Å². The molecular formula is C12H13N7. The first-order valence-electron chi connectivity index (χ1n) is 5.83. The summed E-state index contributed by atoms with van der Waals surface area (Å²) in [5.74, 6) is 1.77. The molecule has 0 aliphatic heterocycles. The highest BCUT2D eigenvalue weighted by Gasteiger charge is 2.07. The normalized spacial score (nSPS) is 10.8. The quantitative estimate of drug-likeness (QED) is 0.723. The fraction of sp³-hybridized carbons (Fsp3) is 0.167. The van der Waals surface area contributed by atoms with E-state index in [4.69, 9.17) is 5.73 Å². The SMILES string of the molecule is Cn1cnnc1CNc1nc(N)nc2ccccc12. The second-order valence-electron chi connectivity index (χ2n) is 4.16. The van der Waals surface area contributed by atoms with Crippen LogP contribution in [-0.4, -0.2) is 24.7 Å². The van der Waals surface area contributed by atoms with E-state index in [9.17, 15) is 0 Å². The van der Waals surface area contributed by atoms with E-state index < -0.39 is 0 Å². The number of aromatic nitrogens is 5. The molecule has 0 fully saturated rings. The van der Waals surface area contributed by atoms with Crippen LogP contribution in [0.15, 0.2) is 30.6 Å². The smallest absolute Gasteiger partial charge is 0.222 e. The third-order valence-electron chi connectivity index (χ3n) is 2.84. The van der Waals surface area contributed by atoms with Crippen molar-refractivity contribution in [3.8, 4) is 0 Å². The monoisotopic (exact) mass is 255 g/mol. The van der Waals surface area contributed by atoms with Crippen LogP contribution in [-0.2, 0) is 13.6 Å². The number of aryl methyl sites for hydroxylation is 1. The summed E-state index contributed by atoms with van der Waals surface area (Å²) in [6.45, 7) is 0.525. The molecule has 7 nitrogen and oxygen atoms in total. The van der Waals surface area contributed by atoms with Gasteiger partial charge < -0.3 is 15.6 Å². The molecule has 3 N–H and O–H groups in total. The van der Waals surface area contributed by atoms with Gasteiger partial charge in [-0.3, -0.25) is 0 Å². The van der Waals surface area contributed by atoms with Gasteiger partial charge in [0.25, 0.3) is 0 Å². The first-order chi connectivity index (χ1) is 9.24. The average Bonchev–Trinajstić information content (AvgIpc) is 2.81. The van der Waals surface area contributed by atoms with E-state index in [1.165, 1.54) is 0 Å². The molecule has 0 spiro atoms. The van der Waals surface area contributed by atoms with Gasteiger partial charge in [0.1, 0.15) is 12.1 Å². The second kappa shape index (κ2) is 4.52. The zero-order valence-corrected chi connectivity index (χ0v) is 10.4. The molecule has 0 unspecified atom stereocenters. The van der Waals surface area contributed by atoms with Crippen molar-refractivity contribution in [2.24, 2.45) is 7.05 Å². The van der Waals surface area contributed by atoms with Crippen LogP contribution in [0.25, 0.3) is 10.9 Å². The molecule has 0 amide bonds. The molecule has 0 saturated heterocycles. The molecule has 2 heterocycles. The summed E-state index contributed by atoms with van der Waals surface area (Å²) in [5.41, 5.74) is 6.52. The van der Waals surface area contributed by atoms with Crippen molar-refractivity contribution < 1.29 is 0 Å². The molecule has 0 radical (unpaired) electrons. The van der Waals surface area contributed by atoms with Crippen molar-refractivity contribution in [3.05, 3.63) is 36.4 Å². The molecule has 3 aromatic rings. The summed E-state index contributed by atoms with van der Waals surface area (Å²) in [5, 5.41) is 12.0. The van der Waals surface area contributed by atoms with Crippen LogP contribution in [0.1, 0.15) is 5.82 Å². The minimum atomic E-state index is 0.249. The van der Waals surface area contributed by atoms with E-state index in [0.717, 1.165) is 16.7 Å². The second-order valence-corrected chi connectivity index (χ2v) is 4.16. The Hall–Kier alpha value is -2.70. The molecule has 96 valence electrons. The van der Waals surface area contributed by atoms with Gasteiger partial charge in [-0.2, -0.15) is 4.98 Å². The number of anilines is 2. The lowest BCUT2D eigenvalue weighted by molar-refractivity contribution is 0.810. The maximum absolute atomic E-state index is 5.71. The van der Waals surface area contributed by atoms with Gasteiger partial charge in [0.15, 0.2) is 5.82 Å². The van der Waals surface area contributed by atoms with Gasteiger partial charge in [0.2, 0.25) is 5.95 Å². The number of nitrogens with zero attached hydrogens (tertiary/aromatic N) is 5. The molecule has 0 bridgehead atoms. The van der Waals surface area contributed by atoms with Crippen molar-refractivity contribution in [2.75, 3.05) is 11.1 Å². The van der Waals surface area contributed by atoms with Crippen LogP contribution >= 0.6 is 0 Å². The number of rotatable bonds is 3. The topological polar surface area (TPSA) is 94.5 Å². The lowest BCUT2D eigenvalue weighted by Crippen LogP contribution is -2.08. The van der Waals surface area contributed by atoms with Gasteiger partial charge in [-0.1, -0.05) is 12.1 Å². The van der Waals surface area contributed by atoms with Crippen LogP contribution in [0, 0.1) is 0 Å². The van der Waals surface area contributed by atoms with Gasteiger partial charge in [-0.05, 0) is 12.1 Å². The Morgan fingerprint density at radius 1 is 1.26 bits per heavy atom. The molecule has 0 aliphatic rings. The first kappa shape index (κ1) is 11.4. The van der Waals surface area contributed by atoms with Gasteiger partial charge in [-0.15, -0.1) is 10.2 Å². The van der Waals surface area contributed by atoms with Gasteiger partial charge in [0.05, 0.1) is 12.1 Å². The predicted octanol–water partition coefficient (Wildman–Crippen LogP) is 0.953. The van der Waals surface area contributed by atoms with E-state index >= 15 is 0 Å². The van der Waals surface area contributed by atoms with Crippen molar-refractivity contribution in [1.82, 2.24) is 24.7 Å². The molecule has 7 heteroatoms. The number of hydrogen-bond acceptors (Lipinski definition) is 6. The minimum absolute atomic E-state index is 0.249. The largest absolute Gasteiger partial charge is 0.368 e. The summed E-state index contributed by atoms with van der Waals surface area (Å²) in [4.78, 5) is 8.42. The maximum Gasteiger partial charge on any atom is 0.222 e. The fourth-order valence-corrected chi connectivity index (χ4v) is 1.86. The van der Waals surface area contributed by atoms with Gasteiger partial charge in [-0.25, -0.2) is 4.98 Å². The summed E-state index contributed by atoms with van der Waals surface area (Å²) in [6, 6.07) is 7.71. The summed E-state index contributed by atoms with van der Waals surface area (Å²) >= 11 is 0. The van der Waals surface area contributed by atoms with Crippen molar-refractivity contribution in [1.29, 1.82) is 0 Å². The lowest BCUT2D eigenvalue weighted by Gasteiger charge is -2.08. The van der Waals surface area contributed by atoms with E-state index in [2.05, 4.69) is 25.5 Å². The maximum atomic E-state index is 5.71. The number of fused-ring (bicyclic) bond motifs is 1. The Balaban J connectivity index is 1.94. The number of benzene rings is 1. The molecule has 0 aliphatic carbocycles. The van der Waals surface area contributed by atoms with Crippen LogP contribution in [0.3, 0.4) is 0 Å². The number of nitrogen functional groups attached to an aromatic ring is 1. The van der Waals surface area contributed by atoms with Crippen molar-refractivity contribution >= 4 is 22.7 Å². The predicted molar refractivity (Wildman–Crippen MR) is 72.3 cm³/mol. The van der Waals surface area contributed by atoms with Crippen LogP contribution in [0.5, 0.6) is 0 Å². The van der Waals surface area contributed by atoms with Crippen molar-refractivity contribution in [2.45, 2.75) is 6.54 Å². The number of para-hydroxylation sites is 1. The average molecular weight is 255 g/mol. The molecular weight excluding hydrogens is 242 g/mol. The first-order valence-corrected chi connectivity index (χ1v) is 5.83. The molecule has 3 rings (SSSR count). The Morgan fingerprint density at radius 3 is 2.89 bits per heavy atom. The van der Waals surface area contributed by atoms with Crippen molar-refractivity contribution in [3.63, 3.8) is 0 Å². The Morgan fingerprint density at radius 2 is 2.11 bits per heavy atom. The van der Waals surface area contributed by atoms with E-state index in [1.807, 2.05) is 35.9 Å². The molecule has 0 atom stereocenters. The number of hydrogen-bond donors (Lipinski definition) is 2. The van der Waals surface area contributed by atoms with E-state index in [-0.39, 0.29) is 5.95 Å². The molecule has 2 aromatic heterocycles. The summed E-state index contributed by atoms with van der Waals surface area (Å²) in [7, 11) is 1.89. The zero-order chi connectivity index (χ0) is 13.2. The molecule has 19 heavy (non-hydrogen) atoms. The minimum Gasteiger partial charge on any atom is -0.368 e. The van der Waals surface area contributed by atoms with E-state index in [0.29, 0.717) is 12.4 Å². The fourth-order valence-electron chi connectivity index (χ4n) is 1.86. The highest BCUT2D eigenvalue weighted by Crippen LogP contribution is 2.20. The Kier molecular flexibility index (Phi) is 2.71. The van der Waals surface area contributed by atoms with Crippen LogP contribution in [0.4, 0.5) is 11.8 Å². The Bertz CT molecular complexity index is 719. The highest BCUT2D eigenvalue weighted by molar-refractivity contribution is 5.89. The lowest BCUT2D eigenvalue weighted by atomic mass is 10.2. The highest BCUT2D eigenvalue weighted by atomic mass is 15.3. The molecule has 0 saturated carbocycles. The van der Waals surface area contributed by atoms with Gasteiger partial charge in [0, 0.05) is 12.4 Å². The number of nitrogens with one attached hydrogen (secondary N) is 1. The third kappa shape index (κ3) is 2.17. The van der Waals surface area contributed by atoms with E-state index in [1.54, 1.807) is 6.33 Å². The van der Waals surface area contributed by atoms with Crippen LogP contribution < -0.4 is 11.1 Å². The standard InChI is InChI=1S/C12H13N7/c1-19-7-15-18-10(19)6-14-11-8-4-2-3-5-9(8)16-12(13)17-11/h2-5,7H,6H2,1H3,(H3,13,14,16,17). The molecule has 1 aromatic carbocycles. The van der Waals surface area contributed by atoms with Gasteiger partial charge >= 0.3 is 0 Å².